The van der Waals surface area contributed by atoms with Crippen molar-refractivity contribution in [3.63, 3.8) is 0 Å². The molecule has 3 fully saturated rings. The molecule has 3 aliphatic rings. The van der Waals surface area contributed by atoms with Crippen LogP contribution in [0.15, 0.2) is 18.6 Å². The number of nitrogens with zero attached hydrogens (tertiary/aromatic N) is 4. The zero-order valence-electron chi connectivity index (χ0n) is 18.7. The lowest BCUT2D eigenvalue weighted by Crippen LogP contribution is -2.57. The lowest BCUT2D eigenvalue weighted by Gasteiger charge is -2.46. The van der Waals surface area contributed by atoms with Gasteiger partial charge in [0.05, 0.1) is 11.6 Å². The number of halogens is 8. The number of alkyl halides is 8. The van der Waals surface area contributed by atoms with Gasteiger partial charge >= 0.3 is 24.3 Å². The molecule has 1 atom stereocenters. The Morgan fingerprint density at radius 1 is 0.944 bits per heavy atom. The summed E-state index contributed by atoms with van der Waals surface area (Å²) in [5.74, 6) is -6.62. The van der Waals surface area contributed by atoms with Gasteiger partial charge in [0.2, 0.25) is 0 Å². The normalized spacial score (nSPS) is 23.8. The molecule has 1 unspecified atom stereocenters. The predicted octanol–water partition coefficient (Wildman–Crippen LogP) is 3.69. The second-order valence-electron chi connectivity index (χ2n) is 8.75. The average molecular weight is 536 g/mol. The van der Waals surface area contributed by atoms with E-state index in [4.69, 9.17) is 19.8 Å². The summed E-state index contributed by atoms with van der Waals surface area (Å²) in [5, 5.41) is 14.2. The number of likely N-dealkylation sites (tertiary alicyclic amines) is 1. The van der Waals surface area contributed by atoms with Gasteiger partial charge in [0.25, 0.3) is 5.92 Å². The zero-order valence-corrected chi connectivity index (χ0v) is 18.7. The monoisotopic (exact) mass is 536 g/mol. The van der Waals surface area contributed by atoms with E-state index < -0.39 is 35.6 Å². The van der Waals surface area contributed by atoms with Crippen LogP contribution in [0.4, 0.5) is 40.9 Å². The van der Waals surface area contributed by atoms with Crippen LogP contribution >= 0.6 is 0 Å². The fourth-order valence-electron chi connectivity index (χ4n) is 3.96. The number of anilines is 1. The minimum Gasteiger partial charge on any atom is -0.475 e. The Labute approximate surface area is 199 Å². The summed E-state index contributed by atoms with van der Waals surface area (Å²) >= 11 is 0. The summed E-state index contributed by atoms with van der Waals surface area (Å²) in [4.78, 5) is 30.4. The van der Waals surface area contributed by atoms with Crippen LogP contribution in [-0.4, -0.2) is 88.0 Å². The standard InChI is InChI=1S/C16H22F2N4.2C2HF3O2/c17-16(18)4-7-21(10-13-1-2-13)11-15(16)3-8-22(12-15)14-9-19-5-6-20-14;2*3-2(4,5)1(6)7/h5-6,9,13H,1-4,7-8,10-12H2;2*(H,6,7). The SMILES string of the molecule is FC1(F)CCN(CC2CC2)CC12CCN(c1cnccn1)C2.O=C(O)C(F)(F)F.O=C(O)C(F)(F)F. The van der Waals surface area contributed by atoms with Gasteiger partial charge in [0, 0.05) is 51.5 Å². The summed E-state index contributed by atoms with van der Waals surface area (Å²) < 4.78 is 92.9. The van der Waals surface area contributed by atoms with Crippen LogP contribution in [0.25, 0.3) is 0 Å². The first-order valence-electron chi connectivity index (χ1n) is 10.7. The largest absolute Gasteiger partial charge is 0.490 e. The summed E-state index contributed by atoms with van der Waals surface area (Å²) in [6, 6.07) is 0. The Bertz CT molecular complexity index is 872. The van der Waals surface area contributed by atoms with Crippen molar-refractivity contribution in [1.29, 1.82) is 0 Å². The molecule has 0 bridgehead atoms. The van der Waals surface area contributed by atoms with E-state index in [-0.39, 0.29) is 6.42 Å². The van der Waals surface area contributed by atoms with Gasteiger partial charge in [-0.1, -0.05) is 0 Å². The third-order valence-electron chi connectivity index (χ3n) is 5.97. The van der Waals surface area contributed by atoms with Crippen molar-refractivity contribution in [2.45, 2.75) is 44.0 Å². The van der Waals surface area contributed by atoms with Gasteiger partial charge in [-0.15, -0.1) is 0 Å². The number of carboxylic acid groups (broad SMARTS) is 2. The van der Waals surface area contributed by atoms with E-state index in [2.05, 4.69) is 14.9 Å². The van der Waals surface area contributed by atoms with Crippen molar-refractivity contribution in [1.82, 2.24) is 14.9 Å². The van der Waals surface area contributed by atoms with Gasteiger partial charge < -0.3 is 20.0 Å². The zero-order chi connectivity index (χ0) is 27.4. The molecule has 36 heavy (non-hydrogen) atoms. The molecule has 1 aromatic rings. The lowest BCUT2D eigenvalue weighted by molar-refractivity contribution is -0.193. The molecule has 0 amide bonds. The molecule has 0 aromatic carbocycles. The Morgan fingerprint density at radius 3 is 1.94 bits per heavy atom. The molecule has 3 heterocycles. The fraction of sp³-hybridized carbons (Fsp3) is 0.700. The van der Waals surface area contributed by atoms with Gasteiger partial charge in [-0.05, 0) is 25.2 Å². The molecule has 1 aliphatic carbocycles. The number of carbonyl (C=O) groups is 2. The summed E-state index contributed by atoms with van der Waals surface area (Å²) in [5.41, 5.74) is -0.919. The lowest BCUT2D eigenvalue weighted by atomic mass is 9.75. The summed E-state index contributed by atoms with van der Waals surface area (Å²) in [6.45, 7) is 3.10. The second-order valence-corrected chi connectivity index (χ2v) is 8.75. The topological polar surface area (TPSA) is 107 Å². The maximum Gasteiger partial charge on any atom is 0.490 e. The van der Waals surface area contributed by atoms with E-state index in [1.54, 1.807) is 18.6 Å². The van der Waals surface area contributed by atoms with Crippen molar-refractivity contribution < 1.29 is 54.9 Å². The van der Waals surface area contributed by atoms with Gasteiger partial charge in [0.1, 0.15) is 5.82 Å². The third kappa shape index (κ3) is 8.13. The van der Waals surface area contributed by atoms with Gasteiger partial charge in [-0.3, -0.25) is 4.98 Å². The van der Waals surface area contributed by atoms with Crippen LogP contribution in [0, 0.1) is 11.3 Å². The molecular formula is C20H24F8N4O4. The minimum atomic E-state index is -5.08. The van der Waals surface area contributed by atoms with Crippen LogP contribution in [0.1, 0.15) is 25.7 Å². The van der Waals surface area contributed by atoms with Crippen LogP contribution in [0.5, 0.6) is 0 Å². The number of aliphatic carboxylic acids is 2. The van der Waals surface area contributed by atoms with Crippen molar-refractivity contribution in [2.24, 2.45) is 11.3 Å². The number of hydrogen-bond acceptors (Lipinski definition) is 6. The molecule has 1 spiro atoms. The van der Waals surface area contributed by atoms with Crippen molar-refractivity contribution in [2.75, 3.05) is 37.6 Å². The maximum atomic E-state index is 14.7. The fourth-order valence-corrected chi connectivity index (χ4v) is 3.96. The predicted molar refractivity (Wildman–Crippen MR) is 107 cm³/mol. The molecule has 2 N–H and O–H groups in total. The van der Waals surface area contributed by atoms with E-state index in [0.717, 1.165) is 18.3 Å². The summed E-state index contributed by atoms with van der Waals surface area (Å²) in [7, 11) is 0. The first kappa shape index (κ1) is 29.5. The number of carboxylic acids is 2. The Kier molecular flexibility index (Phi) is 9.07. The van der Waals surface area contributed by atoms with E-state index >= 15 is 0 Å². The molecular weight excluding hydrogens is 512 g/mol. The van der Waals surface area contributed by atoms with E-state index in [1.165, 1.54) is 12.8 Å². The molecule has 1 aromatic heterocycles. The summed E-state index contributed by atoms with van der Waals surface area (Å²) in [6.07, 6.45) is -2.19. The highest BCUT2D eigenvalue weighted by Crippen LogP contribution is 2.50. The average Bonchev–Trinajstić information content (AvgIpc) is 3.47. The maximum absolute atomic E-state index is 14.7. The van der Waals surface area contributed by atoms with Crippen molar-refractivity contribution in [3.8, 4) is 0 Å². The number of hydrogen-bond donors (Lipinski definition) is 2. The first-order chi connectivity index (χ1) is 16.5. The molecule has 0 radical (unpaired) electrons. The highest BCUT2D eigenvalue weighted by molar-refractivity contribution is 5.73. The molecule has 1 saturated carbocycles. The molecule has 4 rings (SSSR count). The molecule has 16 heteroatoms. The molecule has 2 saturated heterocycles. The van der Waals surface area contributed by atoms with Gasteiger partial charge in [0.15, 0.2) is 0 Å². The van der Waals surface area contributed by atoms with Crippen molar-refractivity contribution >= 4 is 17.8 Å². The van der Waals surface area contributed by atoms with Crippen LogP contribution < -0.4 is 4.90 Å². The Hall–Kier alpha value is -2.78. The van der Waals surface area contributed by atoms with Gasteiger partial charge in [-0.2, -0.15) is 26.3 Å². The second kappa shape index (κ2) is 11.1. The Morgan fingerprint density at radius 2 is 1.50 bits per heavy atom. The molecule has 2 aliphatic heterocycles. The van der Waals surface area contributed by atoms with E-state index in [0.29, 0.717) is 32.6 Å². The Balaban J connectivity index is 0.000000271. The highest BCUT2D eigenvalue weighted by Gasteiger charge is 2.59. The number of rotatable bonds is 3. The van der Waals surface area contributed by atoms with E-state index in [9.17, 15) is 35.1 Å². The van der Waals surface area contributed by atoms with Crippen LogP contribution in [0.3, 0.4) is 0 Å². The minimum absolute atomic E-state index is 0.00592. The van der Waals surface area contributed by atoms with Crippen molar-refractivity contribution in [3.05, 3.63) is 18.6 Å². The van der Waals surface area contributed by atoms with E-state index in [1.807, 2.05) is 4.90 Å². The smallest absolute Gasteiger partial charge is 0.475 e. The van der Waals surface area contributed by atoms with Crippen LogP contribution in [-0.2, 0) is 9.59 Å². The quantitative estimate of drug-likeness (QED) is 0.564. The number of aromatic nitrogens is 2. The molecule has 204 valence electrons. The molecule has 8 nitrogen and oxygen atoms in total. The first-order valence-corrected chi connectivity index (χ1v) is 10.7. The highest BCUT2D eigenvalue weighted by atomic mass is 19.4. The number of piperidine rings is 1. The van der Waals surface area contributed by atoms with Crippen LogP contribution in [0.2, 0.25) is 0 Å². The van der Waals surface area contributed by atoms with Gasteiger partial charge in [-0.25, -0.2) is 23.4 Å². The third-order valence-corrected chi connectivity index (χ3v) is 5.97.